The maximum Gasteiger partial charge on any atom is 0.323 e. The zero-order valence-corrected chi connectivity index (χ0v) is 13.0. The summed E-state index contributed by atoms with van der Waals surface area (Å²) in [7, 11) is 0. The van der Waals surface area contributed by atoms with Crippen molar-refractivity contribution in [3.05, 3.63) is 52.9 Å². The summed E-state index contributed by atoms with van der Waals surface area (Å²) in [5.41, 5.74) is 0.884. The monoisotopic (exact) mass is 329 g/mol. The van der Waals surface area contributed by atoms with Crippen LogP contribution in [0.25, 0.3) is 16.8 Å². The summed E-state index contributed by atoms with van der Waals surface area (Å²) in [6, 6.07) is 13.8. The molecule has 0 unspecified atom stereocenters. The SMILES string of the molecule is O=C(O)CN1C(=O)/C(=C/c2ccc3ccccc3c2)SC1=S. The topological polar surface area (TPSA) is 57.6 Å². The van der Waals surface area contributed by atoms with Crippen LogP contribution in [0, 0.1) is 0 Å². The number of aliphatic carboxylic acids is 1. The minimum absolute atomic E-state index is 0.277. The van der Waals surface area contributed by atoms with E-state index in [9.17, 15) is 9.59 Å². The summed E-state index contributed by atoms with van der Waals surface area (Å²) in [4.78, 5) is 24.5. The standard InChI is InChI=1S/C16H11NO3S2/c18-14(19)9-17-15(20)13(22-16(17)21)8-10-5-6-11-3-1-2-4-12(11)7-10/h1-8H,9H2,(H,18,19)/b13-8-. The zero-order valence-electron chi connectivity index (χ0n) is 11.4. The Morgan fingerprint density at radius 1 is 1.23 bits per heavy atom. The van der Waals surface area contributed by atoms with Crippen molar-refractivity contribution in [3.8, 4) is 0 Å². The highest BCUT2D eigenvalue weighted by molar-refractivity contribution is 8.26. The van der Waals surface area contributed by atoms with Crippen LogP contribution in [0.5, 0.6) is 0 Å². The number of nitrogens with zero attached hydrogens (tertiary/aromatic N) is 1. The molecule has 0 spiro atoms. The summed E-state index contributed by atoms with van der Waals surface area (Å²) < 4.78 is 0.277. The largest absolute Gasteiger partial charge is 0.480 e. The van der Waals surface area contributed by atoms with Crippen molar-refractivity contribution in [2.24, 2.45) is 0 Å². The Hall–Kier alpha value is -2.18. The Bertz CT molecular complexity index is 829. The quantitative estimate of drug-likeness (QED) is 0.692. The van der Waals surface area contributed by atoms with Crippen LogP contribution in [0.1, 0.15) is 5.56 Å². The first-order chi connectivity index (χ1) is 10.5. The lowest BCUT2D eigenvalue weighted by Gasteiger charge is -2.10. The molecule has 0 aromatic heterocycles. The minimum atomic E-state index is -1.08. The first-order valence-corrected chi connectivity index (χ1v) is 7.73. The summed E-state index contributed by atoms with van der Waals surface area (Å²) in [5.74, 6) is -1.44. The van der Waals surface area contributed by atoms with E-state index in [-0.39, 0.29) is 10.2 Å². The molecule has 1 aliphatic rings. The summed E-state index contributed by atoms with van der Waals surface area (Å²) >= 11 is 6.20. The van der Waals surface area contributed by atoms with Gasteiger partial charge in [-0.25, -0.2) is 0 Å². The first-order valence-electron chi connectivity index (χ1n) is 6.50. The number of carbonyl (C=O) groups excluding carboxylic acids is 1. The van der Waals surface area contributed by atoms with Crippen LogP contribution in [0.2, 0.25) is 0 Å². The molecule has 1 heterocycles. The molecule has 22 heavy (non-hydrogen) atoms. The molecule has 0 saturated carbocycles. The molecule has 1 aliphatic heterocycles. The van der Waals surface area contributed by atoms with Crippen LogP contribution in [-0.4, -0.2) is 32.7 Å². The Balaban J connectivity index is 1.92. The van der Waals surface area contributed by atoms with Crippen LogP contribution in [0.3, 0.4) is 0 Å². The van der Waals surface area contributed by atoms with Gasteiger partial charge in [0.1, 0.15) is 10.9 Å². The molecule has 110 valence electrons. The Kier molecular flexibility index (Phi) is 3.96. The number of rotatable bonds is 3. The van der Waals surface area contributed by atoms with E-state index in [1.54, 1.807) is 6.08 Å². The maximum atomic E-state index is 12.2. The molecule has 0 atom stereocenters. The van der Waals surface area contributed by atoms with E-state index in [0.29, 0.717) is 4.91 Å². The Morgan fingerprint density at radius 2 is 1.95 bits per heavy atom. The van der Waals surface area contributed by atoms with E-state index >= 15 is 0 Å². The zero-order chi connectivity index (χ0) is 15.7. The number of amides is 1. The lowest BCUT2D eigenvalue weighted by Crippen LogP contribution is -2.33. The molecule has 3 rings (SSSR count). The van der Waals surface area contributed by atoms with E-state index < -0.39 is 12.5 Å². The molecule has 4 nitrogen and oxygen atoms in total. The van der Waals surface area contributed by atoms with Crippen LogP contribution in [0.4, 0.5) is 0 Å². The van der Waals surface area contributed by atoms with Crippen molar-refractivity contribution in [3.63, 3.8) is 0 Å². The summed E-state index contributed by atoms with van der Waals surface area (Å²) in [6.07, 6.45) is 1.74. The average Bonchev–Trinajstić information content (AvgIpc) is 2.74. The van der Waals surface area contributed by atoms with Gasteiger partial charge in [-0.2, -0.15) is 0 Å². The fourth-order valence-electron chi connectivity index (χ4n) is 2.22. The van der Waals surface area contributed by atoms with E-state index in [2.05, 4.69) is 0 Å². The molecule has 0 radical (unpaired) electrons. The molecule has 6 heteroatoms. The predicted octanol–water partition coefficient (Wildman–Crippen LogP) is 3.13. The van der Waals surface area contributed by atoms with Crippen molar-refractivity contribution < 1.29 is 14.7 Å². The third kappa shape index (κ3) is 2.88. The Morgan fingerprint density at radius 3 is 2.68 bits per heavy atom. The number of hydrogen-bond acceptors (Lipinski definition) is 4. The third-order valence-electron chi connectivity index (χ3n) is 3.24. The highest BCUT2D eigenvalue weighted by atomic mass is 32.2. The van der Waals surface area contributed by atoms with Gasteiger partial charge in [0.05, 0.1) is 4.91 Å². The number of thiocarbonyl (C=S) groups is 1. The van der Waals surface area contributed by atoms with Gasteiger partial charge in [-0.1, -0.05) is 60.4 Å². The lowest BCUT2D eigenvalue weighted by molar-refractivity contribution is -0.140. The van der Waals surface area contributed by atoms with Crippen molar-refractivity contribution in [2.75, 3.05) is 6.54 Å². The highest BCUT2D eigenvalue weighted by Gasteiger charge is 2.33. The van der Waals surface area contributed by atoms with Gasteiger partial charge in [0.15, 0.2) is 0 Å². The fraction of sp³-hybridized carbons (Fsp3) is 0.0625. The van der Waals surface area contributed by atoms with E-state index in [4.69, 9.17) is 17.3 Å². The molecule has 2 aromatic carbocycles. The van der Waals surface area contributed by atoms with E-state index in [1.807, 2.05) is 42.5 Å². The predicted molar refractivity (Wildman–Crippen MR) is 91.5 cm³/mol. The number of fused-ring (bicyclic) bond motifs is 1. The van der Waals surface area contributed by atoms with Gasteiger partial charge < -0.3 is 5.11 Å². The van der Waals surface area contributed by atoms with Crippen LogP contribution in [-0.2, 0) is 9.59 Å². The van der Waals surface area contributed by atoms with Gasteiger partial charge in [-0.15, -0.1) is 0 Å². The number of benzene rings is 2. The molecule has 1 fully saturated rings. The van der Waals surface area contributed by atoms with Gasteiger partial charge in [0.2, 0.25) is 0 Å². The van der Waals surface area contributed by atoms with Gasteiger partial charge in [0.25, 0.3) is 5.91 Å². The molecule has 1 N–H and O–H groups in total. The molecule has 1 amide bonds. The molecular weight excluding hydrogens is 318 g/mol. The van der Waals surface area contributed by atoms with E-state index in [0.717, 1.165) is 33.0 Å². The Labute approximate surface area is 136 Å². The fourth-order valence-corrected chi connectivity index (χ4v) is 3.48. The second-order valence-corrected chi connectivity index (χ2v) is 6.44. The maximum absolute atomic E-state index is 12.2. The van der Waals surface area contributed by atoms with Crippen molar-refractivity contribution in [1.82, 2.24) is 4.90 Å². The van der Waals surface area contributed by atoms with Crippen LogP contribution < -0.4 is 0 Å². The van der Waals surface area contributed by atoms with Crippen molar-refractivity contribution in [1.29, 1.82) is 0 Å². The van der Waals surface area contributed by atoms with Crippen molar-refractivity contribution in [2.45, 2.75) is 0 Å². The van der Waals surface area contributed by atoms with Crippen LogP contribution in [0.15, 0.2) is 47.4 Å². The smallest absolute Gasteiger partial charge is 0.323 e. The van der Waals surface area contributed by atoms with Gasteiger partial charge in [-0.3, -0.25) is 14.5 Å². The van der Waals surface area contributed by atoms with Gasteiger partial charge in [-0.05, 0) is 28.5 Å². The van der Waals surface area contributed by atoms with E-state index in [1.165, 1.54) is 0 Å². The average molecular weight is 329 g/mol. The molecule has 1 saturated heterocycles. The lowest BCUT2D eigenvalue weighted by atomic mass is 10.1. The normalized spacial score (nSPS) is 16.7. The number of carbonyl (C=O) groups is 2. The van der Waals surface area contributed by atoms with Gasteiger partial charge in [0, 0.05) is 0 Å². The second kappa shape index (κ2) is 5.90. The second-order valence-electron chi connectivity index (χ2n) is 4.77. The summed E-state index contributed by atoms with van der Waals surface area (Å²) in [5, 5.41) is 11.0. The van der Waals surface area contributed by atoms with Gasteiger partial charge >= 0.3 is 5.97 Å². The molecule has 0 bridgehead atoms. The number of carboxylic acids is 1. The summed E-state index contributed by atoms with van der Waals surface area (Å²) in [6.45, 7) is -0.403. The minimum Gasteiger partial charge on any atom is -0.480 e. The molecular formula is C16H11NO3S2. The van der Waals surface area contributed by atoms with Crippen molar-refractivity contribution >= 4 is 57.0 Å². The molecule has 0 aliphatic carbocycles. The number of thioether (sulfide) groups is 1. The number of carboxylic acid groups (broad SMARTS) is 1. The third-order valence-corrected chi connectivity index (χ3v) is 4.62. The number of hydrogen-bond donors (Lipinski definition) is 1. The first kappa shape index (κ1) is 14.7. The molecule has 2 aromatic rings. The van der Waals surface area contributed by atoms with Crippen LogP contribution >= 0.6 is 24.0 Å². The highest BCUT2D eigenvalue weighted by Crippen LogP contribution is 2.32.